The van der Waals surface area contributed by atoms with Gasteiger partial charge in [0, 0.05) is 17.6 Å². The number of anilines is 1. The summed E-state index contributed by atoms with van der Waals surface area (Å²) in [6, 6.07) is 17.0. The molecular formula is C29H33ClFN3O4S. The van der Waals surface area contributed by atoms with Gasteiger partial charge in [-0.15, -0.1) is 0 Å². The van der Waals surface area contributed by atoms with Gasteiger partial charge < -0.3 is 10.2 Å². The summed E-state index contributed by atoms with van der Waals surface area (Å²) < 4.78 is 42.0. The number of aryl methyl sites for hydroxylation is 1. The molecule has 0 unspecified atom stereocenters. The maximum Gasteiger partial charge on any atom is 0.264 e. The van der Waals surface area contributed by atoms with Gasteiger partial charge in [0.25, 0.3) is 10.0 Å². The number of nitrogens with one attached hydrogen (secondary N) is 1. The number of hydrogen-bond acceptors (Lipinski definition) is 4. The van der Waals surface area contributed by atoms with E-state index in [4.69, 9.17) is 11.6 Å². The molecule has 0 spiro atoms. The van der Waals surface area contributed by atoms with Crippen LogP contribution in [0.4, 0.5) is 10.1 Å². The zero-order valence-corrected chi connectivity index (χ0v) is 24.0. The largest absolute Gasteiger partial charge is 0.352 e. The molecule has 1 N–H and O–H groups in total. The number of amides is 2. The molecule has 0 radical (unpaired) electrons. The second kappa shape index (κ2) is 13.1. The number of rotatable bonds is 11. The van der Waals surface area contributed by atoms with E-state index in [-0.39, 0.29) is 29.1 Å². The van der Waals surface area contributed by atoms with Gasteiger partial charge in [0.1, 0.15) is 18.4 Å². The van der Waals surface area contributed by atoms with Gasteiger partial charge in [0.15, 0.2) is 0 Å². The quantitative estimate of drug-likeness (QED) is 0.337. The van der Waals surface area contributed by atoms with E-state index in [1.54, 1.807) is 55.5 Å². The highest BCUT2D eigenvalue weighted by atomic mass is 35.5. The van der Waals surface area contributed by atoms with Crippen LogP contribution >= 0.6 is 11.6 Å². The van der Waals surface area contributed by atoms with Crippen LogP contribution in [0.15, 0.2) is 77.7 Å². The van der Waals surface area contributed by atoms with Crippen LogP contribution in [0.1, 0.15) is 38.3 Å². The molecule has 39 heavy (non-hydrogen) atoms. The maximum atomic E-state index is 13.9. The van der Waals surface area contributed by atoms with Crippen molar-refractivity contribution in [1.29, 1.82) is 0 Å². The van der Waals surface area contributed by atoms with Crippen LogP contribution in [0.25, 0.3) is 0 Å². The van der Waals surface area contributed by atoms with Crippen LogP contribution in [0, 0.1) is 12.7 Å². The normalized spacial score (nSPS) is 12.9. The third-order valence-electron chi connectivity index (χ3n) is 6.44. The highest BCUT2D eigenvalue weighted by molar-refractivity contribution is 7.92. The number of carbonyl (C=O) groups excluding carboxylic acids is 2. The average molecular weight is 574 g/mol. The molecular weight excluding hydrogens is 541 g/mol. The Balaban J connectivity index is 2.01. The third-order valence-corrected chi connectivity index (χ3v) is 8.48. The second-order valence-electron chi connectivity index (χ2n) is 9.44. The molecule has 0 aliphatic carbocycles. The second-order valence-corrected chi connectivity index (χ2v) is 11.7. The Morgan fingerprint density at radius 1 is 0.949 bits per heavy atom. The number of benzene rings is 3. The standard InChI is InChI=1S/C29H33ClFN3O4S/c1-5-21(3)32-29(36)22(4)33(18-23-8-10-24(30)11-9-23)28(35)19-34(26-14-6-20(2)7-15-26)39(37,38)27-16-12-25(31)13-17-27/h6-17,21-22H,5,18-19H2,1-4H3,(H,32,36)/t21-,22+/m0/s1. The molecule has 0 aliphatic rings. The van der Waals surface area contributed by atoms with E-state index in [9.17, 15) is 22.4 Å². The van der Waals surface area contributed by atoms with Crippen LogP contribution in [-0.2, 0) is 26.2 Å². The van der Waals surface area contributed by atoms with Crippen molar-refractivity contribution < 1.29 is 22.4 Å². The lowest BCUT2D eigenvalue weighted by molar-refractivity contribution is -0.139. The Bertz CT molecular complexity index is 1380. The minimum Gasteiger partial charge on any atom is -0.352 e. The molecule has 2 amide bonds. The van der Waals surface area contributed by atoms with Crippen molar-refractivity contribution in [3.8, 4) is 0 Å². The molecule has 7 nitrogen and oxygen atoms in total. The first kappa shape index (κ1) is 30.1. The summed E-state index contributed by atoms with van der Waals surface area (Å²) in [5.74, 6) is -1.51. The number of hydrogen-bond donors (Lipinski definition) is 1. The molecule has 3 aromatic rings. The monoisotopic (exact) mass is 573 g/mol. The van der Waals surface area contributed by atoms with Gasteiger partial charge in [-0.05, 0) is 81.3 Å². The van der Waals surface area contributed by atoms with E-state index in [0.717, 1.165) is 39.7 Å². The molecule has 3 rings (SSSR count). The van der Waals surface area contributed by atoms with Crippen LogP contribution in [-0.4, -0.2) is 43.8 Å². The van der Waals surface area contributed by atoms with Crippen molar-refractivity contribution in [2.45, 2.75) is 57.6 Å². The molecule has 0 bridgehead atoms. The molecule has 0 saturated carbocycles. The lowest BCUT2D eigenvalue weighted by Gasteiger charge is -2.32. The van der Waals surface area contributed by atoms with E-state index in [1.807, 2.05) is 20.8 Å². The topological polar surface area (TPSA) is 86.8 Å². The Hall–Kier alpha value is -3.43. The predicted octanol–water partition coefficient (Wildman–Crippen LogP) is 5.31. The van der Waals surface area contributed by atoms with Crippen molar-refractivity contribution in [3.05, 3.63) is 94.8 Å². The van der Waals surface area contributed by atoms with Crippen LogP contribution in [0.3, 0.4) is 0 Å². The van der Waals surface area contributed by atoms with E-state index in [1.165, 1.54) is 4.90 Å². The third kappa shape index (κ3) is 7.80. The lowest BCUT2D eigenvalue weighted by atomic mass is 10.1. The minimum atomic E-state index is -4.26. The van der Waals surface area contributed by atoms with E-state index in [2.05, 4.69) is 5.32 Å². The van der Waals surface area contributed by atoms with Crippen LogP contribution in [0.2, 0.25) is 5.02 Å². The van der Waals surface area contributed by atoms with Crippen molar-refractivity contribution in [1.82, 2.24) is 10.2 Å². The summed E-state index contributed by atoms with van der Waals surface area (Å²) >= 11 is 6.02. The fourth-order valence-corrected chi connectivity index (χ4v) is 5.35. The van der Waals surface area contributed by atoms with Crippen molar-refractivity contribution in [3.63, 3.8) is 0 Å². The first-order valence-corrected chi connectivity index (χ1v) is 14.4. The van der Waals surface area contributed by atoms with Crippen LogP contribution in [0.5, 0.6) is 0 Å². The van der Waals surface area contributed by atoms with Crippen molar-refractivity contribution in [2.24, 2.45) is 0 Å². The molecule has 0 aliphatic heterocycles. The van der Waals surface area contributed by atoms with Gasteiger partial charge in [-0.3, -0.25) is 13.9 Å². The minimum absolute atomic E-state index is 0.0590. The first-order chi connectivity index (χ1) is 18.4. The van der Waals surface area contributed by atoms with Crippen molar-refractivity contribution >= 4 is 39.1 Å². The molecule has 10 heteroatoms. The molecule has 2 atom stereocenters. The molecule has 0 heterocycles. The summed E-state index contributed by atoms with van der Waals surface area (Å²) in [5, 5.41) is 3.41. The number of carbonyl (C=O) groups is 2. The molecule has 0 saturated heterocycles. The molecule has 0 aromatic heterocycles. The number of sulfonamides is 1. The molecule has 208 valence electrons. The molecule has 3 aromatic carbocycles. The summed E-state index contributed by atoms with van der Waals surface area (Å²) in [6.07, 6.45) is 0.709. The van der Waals surface area contributed by atoms with E-state index < -0.39 is 34.3 Å². The Labute approximate surface area is 234 Å². The van der Waals surface area contributed by atoms with Gasteiger partial charge in [-0.2, -0.15) is 0 Å². The highest BCUT2D eigenvalue weighted by Crippen LogP contribution is 2.25. The average Bonchev–Trinajstić information content (AvgIpc) is 2.91. The fourth-order valence-electron chi connectivity index (χ4n) is 3.81. The highest BCUT2D eigenvalue weighted by Gasteiger charge is 2.32. The van der Waals surface area contributed by atoms with Gasteiger partial charge >= 0.3 is 0 Å². The SMILES string of the molecule is CC[C@H](C)NC(=O)[C@@H](C)N(Cc1ccc(Cl)cc1)C(=O)CN(c1ccc(C)cc1)S(=O)(=O)c1ccc(F)cc1. The predicted molar refractivity (Wildman–Crippen MR) is 151 cm³/mol. The summed E-state index contributed by atoms with van der Waals surface area (Å²) in [5.41, 5.74) is 1.89. The van der Waals surface area contributed by atoms with Crippen molar-refractivity contribution in [2.75, 3.05) is 10.8 Å². The molecule has 0 fully saturated rings. The Morgan fingerprint density at radius 2 is 1.54 bits per heavy atom. The number of halogens is 2. The van der Waals surface area contributed by atoms with E-state index >= 15 is 0 Å². The lowest BCUT2D eigenvalue weighted by Crippen LogP contribution is -2.52. The van der Waals surface area contributed by atoms with Gasteiger partial charge in [-0.25, -0.2) is 12.8 Å². The van der Waals surface area contributed by atoms with E-state index in [0.29, 0.717) is 11.4 Å². The summed E-state index contributed by atoms with van der Waals surface area (Å²) in [7, 11) is -4.26. The van der Waals surface area contributed by atoms with Crippen LogP contribution < -0.4 is 9.62 Å². The smallest absolute Gasteiger partial charge is 0.264 e. The zero-order chi connectivity index (χ0) is 28.7. The first-order valence-electron chi connectivity index (χ1n) is 12.6. The maximum absolute atomic E-state index is 13.9. The van der Waals surface area contributed by atoms with Gasteiger partial charge in [0.2, 0.25) is 11.8 Å². The number of nitrogens with zero attached hydrogens (tertiary/aromatic N) is 2. The fraction of sp³-hybridized carbons (Fsp3) is 0.310. The Morgan fingerprint density at radius 3 is 2.10 bits per heavy atom. The summed E-state index contributed by atoms with van der Waals surface area (Å²) in [6.45, 7) is 6.76. The zero-order valence-electron chi connectivity index (χ0n) is 22.4. The van der Waals surface area contributed by atoms with Gasteiger partial charge in [-0.1, -0.05) is 48.4 Å². The van der Waals surface area contributed by atoms with Gasteiger partial charge in [0.05, 0.1) is 10.6 Å². The Kier molecular flexibility index (Phi) is 10.1. The summed E-state index contributed by atoms with van der Waals surface area (Å²) in [4.78, 5) is 28.1.